The largest absolute Gasteiger partial charge is 0.439 e. The van der Waals surface area contributed by atoms with E-state index in [1.807, 2.05) is 0 Å². The van der Waals surface area contributed by atoms with E-state index in [4.69, 9.17) is 0 Å². The zero-order valence-corrected chi connectivity index (χ0v) is 17.1. The van der Waals surface area contributed by atoms with E-state index in [0.717, 1.165) is 30.9 Å². The van der Waals surface area contributed by atoms with Crippen LogP contribution in [-0.2, 0) is 0 Å². The second kappa shape index (κ2) is 9.14. The van der Waals surface area contributed by atoms with Crippen LogP contribution in [0.2, 0.25) is 0 Å². The Labute approximate surface area is 176 Å². The molecule has 1 aromatic carbocycles. The molecule has 0 aliphatic heterocycles. The van der Waals surface area contributed by atoms with Crippen LogP contribution in [0.1, 0.15) is 69.8 Å². The van der Waals surface area contributed by atoms with E-state index in [-0.39, 0.29) is 11.5 Å². The van der Waals surface area contributed by atoms with E-state index in [1.54, 1.807) is 0 Å². The third-order valence-corrected chi connectivity index (χ3v) is 6.81. The first kappa shape index (κ1) is 24.1. The molecule has 3 rings (SSSR count). The van der Waals surface area contributed by atoms with Crippen molar-refractivity contribution in [2.24, 2.45) is 17.8 Å². The summed E-state index contributed by atoms with van der Waals surface area (Å²) in [6.07, 6.45) is -8.14. The van der Waals surface area contributed by atoms with Gasteiger partial charge in [-0.05, 0) is 79.9 Å². The number of rotatable bonds is 5. The van der Waals surface area contributed by atoms with E-state index in [1.165, 1.54) is 25.7 Å². The number of ether oxygens (including phenoxy) is 1. The highest BCUT2D eigenvalue weighted by molar-refractivity contribution is 5.33. The van der Waals surface area contributed by atoms with Gasteiger partial charge in [0.2, 0.25) is 0 Å². The molecule has 0 N–H and O–H groups in total. The van der Waals surface area contributed by atoms with Crippen LogP contribution in [0.4, 0.5) is 35.1 Å². The maximum absolute atomic E-state index is 14.3. The van der Waals surface area contributed by atoms with Crippen molar-refractivity contribution >= 4 is 0 Å². The number of hydrogen-bond acceptors (Lipinski definition) is 1. The molecule has 0 heterocycles. The molecule has 0 radical (unpaired) electrons. The molecule has 0 amide bonds. The van der Waals surface area contributed by atoms with Crippen LogP contribution < -0.4 is 4.74 Å². The molecule has 0 bridgehead atoms. The summed E-state index contributed by atoms with van der Waals surface area (Å²) < 4.78 is 108. The average Bonchev–Trinajstić information content (AvgIpc) is 2.70. The Hall–Kier alpha value is -1.54. The molecule has 0 aromatic heterocycles. The predicted molar refractivity (Wildman–Crippen MR) is 98.7 cm³/mol. The topological polar surface area (TPSA) is 9.23 Å². The fourth-order valence-corrected chi connectivity index (χ4v) is 4.97. The van der Waals surface area contributed by atoms with Gasteiger partial charge in [-0.15, -0.1) is 0 Å². The lowest BCUT2D eigenvalue weighted by molar-refractivity contribution is -0.306. The monoisotopic (exact) mass is 458 g/mol. The van der Waals surface area contributed by atoms with E-state index < -0.39 is 35.8 Å². The Morgan fingerprint density at radius 2 is 1.26 bits per heavy atom. The smallest absolute Gasteiger partial charge is 0.424 e. The highest BCUT2D eigenvalue weighted by Gasteiger charge is 2.59. The lowest BCUT2D eigenvalue weighted by atomic mass is 9.68. The van der Waals surface area contributed by atoms with Gasteiger partial charge in [0.15, 0.2) is 17.4 Å². The lowest BCUT2D eigenvalue weighted by Gasteiger charge is -2.37. The van der Waals surface area contributed by atoms with Gasteiger partial charge in [-0.3, -0.25) is 0 Å². The van der Waals surface area contributed by atoms with Gasteiger partial charge in [0.05, 0.1) is 0 Å². The lowest BCUT2D eigenvalue weighted by Crippen LogP contribution is -2.46. The van der Waals surface area contributed by atoms with E-state index in [2.05, 4.69) is 11.7 Å². The standard InChI is InChI=1S/C22H26F8O/c1-12-2-4-13(5-3-12)14-6-8-15(9-7-14)16-10-17(23)19(18(24)11-16)31-22(29,30)20(25)21(26,27)28/h10-15,20H,2-9H2,1H3. The van der Waals surface area contributed by atoms with Gasteiger partial charge in [0, 0.05) is 0 Å². The summed E-state index contributed by atoms with van der Waals surface area (Å²) in [7, 11) is 0. The molecule has 2 aliphatic carbocycles. The summed E-state index contributed by atoms with van der Waals surface area (Å²) in [5, 5.41) is 0. The minimum atomic E-state index is -5.94. The van der Waals surface area contributed by atoms with Crippen molar-refractivity contribution < 1.29 is 39.9 Å². The molecule has 2 saturated carbocycles. The maximum Gasteiger partial charge on any atom is 0.439 e. The van der Waals surface area contributed by atoms with Crippen LogP contribution >= 0.6 is 0 Å². The van der Waals surface area contributed by atoms with Gasteiger partial charge in [-0.25, -0.2) is 13.2 Å². The predicted octanol–water partition coefficient (Wildman–Crippen LogP) is 7.94. The molecular weight excluding hydrogens is 432 g/mol. The van der Waals surface area contributed by atoms with Crippen molar-refractivity contribution in [1.82, 2.24) is 0 Å². The Morgan fingerprint density at radius 3 is 1.71 bits per heavy atom. The van der Waals surface area contributed by atoms with Crippen LogP contribution in [0, 0.1) is 29.4 Å². The van der Waals surface area contributed by atoms with Crippen molar-refractivity contribution in [2.45, 2.75) is 82.7 Å². The SMILES string of the molecule is CC1CCC(C2CCC(c3cc(F)c(OC(F)(F)C(F)C(F)(F)F)c(F)c3)CC2)CC1. The number of alkyl halides is 6. The molecule has 1 unspecified atom stereocenters. The first-order valence-electron chi connectivity index (χ1n) is 10.6. The molecule has 1 aromatic rings. The van der Waals surface area contributed by atoms with Crippen molar-refractivity contribution in [3.63, 3.8) is 0 Å². The molecule has 0 spiro atoms. The molecule has 1 atom stereocenters. The highest BCUT2D eigenvalue weighted by atomic mass is 19.4. The third-order valence-electron chi connectivity index (χ3n) is 6.81. The minimum absolute atomic E-state index is 0.179. The van der Waals surface area contributed by atoms with Crippen molar-refractivity contribution in [3.8, 4) is 5.75 Å². The van der Waals surface area contributed by atoms with Gasteiger partial charge in [0.1, 0.15) is 0 Å². The van der Waals surface area contributed by atoms with Gasteiger partial charge >= 0.3 is 12.3 Å². The second-order valence-electron chi connectivity index (χ2n) is 9.01. The maximum atomic E-state index is 14.3. The molecule has 1 nitrogen and oxygen atoms in total. The zero-order valence-electron chi connectivity index (χ0n) is 17.1. The minimum Gasteiger partial charge on any atom is -0.424 e. The average molecular weight is 458 g/mol. The molecule has 2 aliphatic rings. The van der Waals surface area contributed by atoms with Gasteiger partial charge in [-0.1, -0.05) is 19.8 Å². The van der Waals surface area contributed by atoms with Crippen molar-refractivity contribution in [2.75, 3.05) is 0 Å². The van der Waals surface area contributed by atoms with E-state index >= 15 is 0 Å². The molecule has 0 saturated heterocycles. The summed E-state index contributed by atoms with van der Waals surface area (Å²) in [6, 6.07) is 1.59. The summed E-state index contributed by atoms with van der Waals surface area (Å²) >= 11 is 0. The quantitative estimate of drug-likeness (QED) is 0.407. The number of hydrogen-bond donors (Lipinski definition) is 0. The van der Waals surface area contributed by atoms with Crippen molar-refractivity contribution in [1.29, 1.82) is 0 Å². The fraction of sp³-hybridized carbons (Fsp3) is 0.727. The third kappa shape index (κ3) is 5.64. The zero-order chi connectivity index (χ0) is 23.0. The molecule has 9 heteroatoms. The number of halogens is 8. The molecule has 176 valence electrons. The Kier molecular flexibility index (Phi) is 7.11. The van der Waals surface area contributed by atoms with Crippen LogP contribution in [0.25, 0.3) is 0 Å². The first-order valence-corrected chi connectivity index (χ1v) is 10.6. The van der Waals surface area contributed by atoms with Crippen LogP contribution in [0.5, 0.6) is 5.75 Å². The highest BCUT2D eigenvalue weighted by Crippen LogP contribution is 2.45. The second-order valence-corrected chi connectivity index (χ2v) is 9.01. The fourth-order valence-electron chi connectivity index (χ4n) is 4.97. The summed E-state index contributed by atoms with van der Waals surface area (Å²) in [4.78, 5) is 0. The molecular formula is C22H26F8O. The Bertz CT molecular complexity index is 723. The van der Waals surface area contributed by atoms with Crippen LogP contribution in [0.3, 0.4) is 0 Å². The Morgan fingerprint density at radius 1 is 0.806 bits per heavy atom. The van der Waals surface area contributed by atoms with Crippen molar-refractivity contribution in [3.05, 3.63) is 29.3 Å². The first-order chi connectivity index (χ1) is 14.4. The summed E-state index contributed by atoms with van der Waals surface area (Å²) in [6.45, 7) is 2.25. The van der Waals surface area contributed by atoms with Crippen LogP contribution in [-0.4, -0.2) is 18.5 Å². The number of benzene rings is 1. The van der Waals surface area contributed by atoms with E-state index in [9.17, 15) is 35.1 Å². The normalized spacial score (nSPS) is 28.9. The molecule has 31 heavy (non-hydrogen) atoms. The summed E-state index contributed by atoms with van der Waals surface area (Å²) in [5.41, 5.74) is 0.244. The van der Waals surface area contributed by atoms with Gasteiger partial charge in [0.25, 0.3) is 6.17 Å². The van der Waals surface area contributed by atoms with Gasteiger partial charge < -0.3 is 4.74 Å². The molecule has 2 fully saturated rings. The van der Waals surface area contributed by atoms with Crippen LogP contribution in [0.15, 0.2) is 12.1 Å². The Balaban J connectivity index is 1.66. The van der Waals surface area contributed by atoms with Gasteiger partial charge in [-0.2, -0.15) is 22.0 Å². The summed E-state index contributed by atoms with van der Waals surface area (Å²) in [5.74, 6) is -3.09. The van der Waals surface area contributed by atoms with E-state index in [0.29, 0.717) is 24.7 Å².